The van der Waals surface area contributed by atoms with Crippen molar-refractivity contribution in [3.8, 4) is 5.75 Å². The average Bonchev–Trinajstić information content (AvgIpc) is 3.05. The van der Waals surface area contributed by atoms with Crippen LogP contribution in [0.2, 0.25) is 0 Å². The Labute approximate surface area is 158 Å². The minimum Gasteiger partial charge on any atom is -0.480 e. The number of rotatable bonds is 6. The molecule has 1 atom stereocenters. The number of ether oxygens (including phenoxy) is 1. The van der Waals surface area contributed by atoms with E-state index in [4.69, 9.17) is 4.74 Å². The highest BCUT2D eigenvalue weighted by atomic mass is 79.9. The van der Waals surface area contributed by atoms with Gasteiger partial charge in [-0.1, -0.05) is 30.3 Å². The van der Waals surface area contributed by atoms with E-state index in [1.807, 2.05) is 30.3 Å². The normalized spacial score (nSPS) is 11.8. The number of aromatic nitrogens is 2. The van der Waals surface area contributed by atoms with E-state index >= 15 is 0 Å². The summed E-state index contributed by atoms with van der Waals surface area (Å²) >= 11 is 3.21. The molecule has 3 rings (SSSR count). The van der Waals surface area contributed by atoms with Gasteiger partial charge < -0.3 is 10.1 Å². The minimum atomic E-state index is -0.768. The van der Waals surface area contributed by atoms with Gasteiger partial charge in [0.15, 0.2) is 11.9 Å². The Morgan fingerprint density at radius 1 is 1.27 bits per heavy atom. The van der Waals surface area contributed by atoms with Crippen molar-refractivity contribution in [3.63, 3.8) is 0 Å². The van der Waals surface area contributed by atoms with E-state index < -0.39 is 6.10 Å². The lowest BCUT2D eigenvalue weighted by molar-refractivity contribution is -0.122. The predicted octanol–water partition coefficient (Wildman–Crippen LogP) is 4.24. The SMILES string of the molecule is CC(Oc1ccc(F)cc1Br)C(=O)Nc1ccn(Cc2ccccc2)n1. The summed E-state index contributed by atoms with van der Waals surface area (Å²) in [6, 6.07) is 15.7. The molecule has 26 heavy (non-hydrogen) atoms. The zero-order valence-corrected chi connectivity index (χ0v) is 15.6. The molecule has 0 bridgehead atoms. The molecular formula is C19H17BrFN3O2. The van der Waals surface area contributed by atoms with Crippen molar-refractivity contribution < 1.29 is 13.9 Å². The van der Waals surface area contributed by atoms with Crippen molar-refractivity contribution in [2.75, 3.05) is 5.32 Å². The van der Waals surface area contributed by atoms with Crippen LogP contribution in [0.4, 0.5) is 10.2 Å². The van der Waals surface area contributed by atoms with Crippen LogP contribution in [0.3, 0.4) is 0 Å². The Morgan fingerprint density at radius 3 is 2.77 bits per heavy atom. The molecule has 1 unspecified atom stereocenters. The number of nitrogens with zero attached hydrogens (tertiary/aromatic N) is 2. The zero-order valence-electron chi connectivity index (χ0n) is 14.0. The fourth-order valence-electron chi connectivity index (χ4n) is 2.33. The number of nitrogens with one attached hydrogen (secondary N) is 1. The highest BCUT2D eigenvalue weighted by Crippen LogP contribution is 2.26. The molecule has 1 aromatic heterocycles. The lowest BCUT2D eigenvalue weighted by Crippen LogP contribution is -2.30. The highest BCUT2D eigenvalue weighted by Gasteiger charge is 2.17. The van der Waals surface area contributed by atoms with E-state index in [0.29, 0.717) is 22.6 Å². The van der Waals surface area contributed by atoms with Crippen molar-refractivity contribution >= 4 is 27.7 Å². The summed E-state index contributed by atoms with van der Waals surface area (Å²) in [6.07, 6.45) is 1.03. The van der Waals surface area contributed by atoms with Gasteiger partial charge in [-0.05, 0) is 46.6 Å². The number of carbonyl (C=O) groups excluding carboxylic acids is 1. The number of hydrogen-bond acceptors (Lipinski definition) is 3. The van der Waals surface area contributed by atoms with Gasteiger partial charge in [0.1, 0.15) is 11.6 Å². The van der Waals surface area contributed by atoms with Gasteiger partial charge in [0.05, 0.1) is 11.0 Å². The number of halogens is 2. The van der Waals surface area contributed by atoms with Crippen LogP contribution in [0.5, 0.6) is 5.75 Å². The molecule has 0 fully saturated rings. The van der Waals surface area contributed by atoms with Gasteiger partial charge in [0, 0.05) is 12.3 Å². The molecule has 1 amide bonds. The summed E-state index contributed by atoms with van der Waals surface area (Å²) in [4.78, 5) is 12.3. The molecular weight excluding hydrogens is 401 g/mol. The first kappa shape index (κ1) is 18.1. The first-order valence-corrected chi connectivity index (χ1v) is 8.80. The zero-order chi connectivity index (χ0) is 18.5. The monoisotopic (exact) mass is 417 g/mol. The molecule has 134 valence electrons. The molecule has 1 heterocycles. The summed E-state index contributed by atoms with van der Waals surface area (Å²) in [5, 5.41) is 7.05. The van der Waals surface area contributed by atoms with Crippen molar-refractivity contribution in [1.82, 2.24) is 9.78 Å². The molecule has 0 radical (unpaired) electrons. The summed E-state index contributed by atoms with van der Waals surface area (Å²) in [6.45, 7) is 2.23. The minimum absolute atomic E-state index is 0.341. The summed E-state index contributed by atoms with van der Waals surface area (Å²) in [5.74, 6) is 0.111. The Kier molecular flexibility index (Phi) is 5.68. The Morgan fingerprint density at radius 2 is 2.04 bits per heavy atom. The van der Waals surface area contributed by atoms with E-state index in [1.165, 1.54) is 18.2 Å². The molecule has 0 aliphatic carbocycles. The smallest absolute Gasteiger partial charge is 0.266 e. The maximum Gasteiger partial charge on any atom is 0.266 e. The highest BCUT2D eigenvalue weighted by molar-refractivity contribution is 9.10. The summed E-state index contributed by atoms with van der Waals surface area (Å²) in [7, 11) is 0. The third-order valence-electron chi connectivity index (χ3n) is 3.65. The Bertz CT molecular complexity index is 899. The van der Waals surface area contributed by atoms with Crippen molar-refractivity contribution in [2.24, 2.45) is 0 Å². The lowest BCUT2D eigenvalue weighted by Gasteiger charge is -2.15. The van der Waals surface area contributed by atoms with Crippen LogP contribution in [-0.2, 0) is 11.3 Å². The molecule has 7 heteroatoms. The van der Waals surface area contributed by atoms with E-state index in [1.54, 1.807) is 23.9 Å². The molecule has 2 aromatic carbocycles. The second-order valence-electron chi connectivity index (χ2n) is 5.71. The second kappa shape index (κ2) is 8.14. The lowest BCUT2D eigenvalue weighted by atomic mass is 10.2. The van der Waals surface area contributed by atoms with Crippen LogP contribution in [0.1, 0.15) is 12.5 Å². The number of hydrogen-bond donors (Lipinski definition) is 1. The van der Waals surface area contributed by atoms with Crippen LogP contribution < -0.4 is 10.1 Å². The van der Waals surface area contributed by atoms with E-state index in [-0.39, 0.29) is 11.7 Å². The summed E-state index contributed by atoms with van der Waals surface area (Å²) < 4.78 is 20.9. The molecule has 1 N–H and O–H groups in total. The molecule has 5 nitrogen and oxygen atoms in total. The Balaban J connectivity index is 1.59. The van der Waals surface area contributed by atoms with Gasteiger partial charge in [-0.3, -0.25) is 9.48 Å². The quantitative estimate of drug-likeness (QED) is 0.652. The third kappa shape index (κ3) is 4.70. The van der Waals surface area contributed by atoms with Crippen LogP contribution in [0, 0.1) is 5.82 Å². The van der Waals surface area contributed by atoms with Gasteiger partial charge in [0.25, 0.3) is 5.91 Å². The van der Waals surface area contributed by atoms with E-state index in [2.05, 4.69) is 26.3 Å². The maximum absolute atomic E-state index is 13.1. The van der Waals surface area contributed by atoms with Crippen molar-refractivity contribution in [3.05, 3.63) is 76.6 Å². The van der Waals surface area contributed by atoms with Gasteiger partial charge in [-0.15, -0.1) is 0 Å². The Hall–Kier alpha value is -2.67. The van der Waals surface area contributed by atoms with Crippen LogP contribution >= 0.6 is 15.9 Å². The van der Waals surface area contributed by atoms with E-state index in [9.17, 15) is 9.18 Å². The van der Waals surface area contributed by atoms with Gasteiger partial charge in [0.2, 0.25) is 0 Å². The van der Waals surface area contributed by atoms with Crippen molar-refractivity contribution in [1.29, 1.82) is 0 Å². The molecule has 0 aliphatic heterocycles. The van der Waals surface area contributed by atoms with Crippen LogP contribution in [-0.4, -0.2) is 21.8 Å². The maximum atomic E-state index is 13.1. The first-order valence-electron chi connectivity index (χ1n) is 8.01. The fourth-order valence-corrected chi connectivity index (χ4v) is 2.77. The number of benzene rings is 2. The molecule has 3 aromatic rings. The molecule has 0 saturated carbocycles. The average molecular weight is 418 g/mol. The van der Waals surface area contributed by atoms with Crippen LogP contribution in [0.25, 0.3) is 0 Å². The molecule has 0 saturated heterocycles. The predicted molar refractivity (Wildman–Crippen MR) is 101 cm³/mol. The second-order valence-corrected chi connectivity index (χ2v) is 6.56. The standard InChI is InChI=1S/C19H17BrFN3O2/c1-13(26-17-8-7-15(21)11-16(17)20)19(25)22-18-9-10-24(23-18)12-14-5-3-2-4-6-14/h2-11,13H,12H2,1H3,(H,22,23,25). The third-order valence-corrected chi connectivity index (χ3v) is 4.27. The van der Waals surface area contributed by atoms with E-state index in [0.717, 1.165) is 5.56 Å². The largest absolute Gasteiger partial charge is 0.480 e. The van der Waals surface area contributed by atoms with Gasteiger partial charge in [-0.25, -0.2) is 4.39 Å². The van der Waals surface area contributed by atoms with Gasteiger partial charge >= 0.3 is 0 Å². The van der Waals surface area contributed by atoms with Crippen LogP contribution in [0.15, 0.2) is 65.3 Å². The summed E-state index contributed by atoms with van der Waals surface area (Å²) in [5.41, 5.74) is 1.12. The number of anilines is 1. The van der Waals surface area contributed by atoms with Crippen molar-refractivity contribution in [2.45, 2.75) is 19.6 Å². The fraction of sp³-hybridized carbons (Fsp3) is 0.158. The molecule has 0 aliphatic rings. The first-order chi connectivity index (χ1) is 12.5. The van der Waals surface area contributed by atoms with Gasteiger partial charge in [-0.2, -0.15) is 5.10 Å². The molecule has 0 spiro atoms. The number of carbonyl (C=O) groups is 1. The number of amides is 1. The topological polar surface area (TPSA) is 56.1 Å².